The van der Waals surface area contributed by atoms with E-state index in [9.17, 15) is 4.79 Å². The number of rotatable bonds is 5. The molecule has 0 saturated heterocycles. The van der Waals surface area contributed by atoms with Crippen LogP contribution in [0.1, 0.15) is 48.4 Å². The molecule has 1 atom stereocenters. The molecule has 5 heteroatoms. The lowest BCUT2D eigenvalue weighted by Gasteiger charge is -2.21. The van der Waals surface area contributed by atoms with Crippen LogP contribution in [0, 0.1) is 5.92 Å². The summed E-state index contributed by atoms with van der Waals surface area (Å²) < 4.78 is 0. The lowest BCUT2D eigenvalue weighted by molar-refractivity contribution is 0.0782. The fourth-order valence-electron chi connectivity index (χ4n) is 2.45. The number of carbonyl (C=O) groups excluding carboxylic acids is 1. The number of nitrogens with one attached hydrogen (secondary N) is 1. The lowest BCUT2D eigenvalue weighted by Crippen LogP contribution is -2.35. The molecule has 106 valence electrons. The second-order valence-corrected chi connectivity index (χ2v) is 5.81. The Morgan fingerprint density at radius 3 is 2.89 bits per heavy atom. The van der Waals surface area contributed by atoms with Crippen LogP contribution < -0.4 is 5.73 Å². The highest BCUT2D eigenvalue weighted by atomic mass is 16.2. The molecule has 1 aliphatic carbocycles. The minimum atomic E-state index is 0.00959. The van der Waals surface area contributed by atoms with Gasteiger partial charge >= 0.3 is 0 Å². The van der Waals surface area contributed by atoms with Crippen molar-refractivity contribution in [2.45, 2.75) is 45.6 Å². The number of fused-ring (bicyclic) bond motifs is 1. The third-order valence-corrected chi connectivity index (χ3v) is 4.01. The molecule has 0 aliphatic heterocycles. The third kappa shape index (κ3) is 2.97. The molecule has 3 N–H and O–H groups in total. The van der Waals surface area contributed by atoms with Crippen LogP contribution in [0.25, 0.3) is 0 Å². The van der Waals surface area contributed by atoms with Crippen LogP contribution in [-0.4, -0.2) is 40.6 Å². The fraction of sp³-hybridized carbons (Fsp3) is 0.714. The molecule has 0 radical (unpaired) electrons. The number of nitrogens with zero attached hydrogens (tertiary/aromatic N) is 2. The summed E-state index contributed by atoms with van der Waals surface area (Å²) in [4.78, 5) is 14.1. The number of aryl methyl sites for hydroxylation is 1. The van der Waals surface area contributed by atoms with E-state index in [1.54, 1.807) is 4.90 Å². The Morgan fingerprint density at radius 2 is 2.21 bits per heavy atom. The van der Waals surface area contributed by atoms with Gasteiger partial charge in [-0.05, 0) is 31.6 Å². The van der Waals surface area contributed by atoms with E-state index < -0.39 is 0 Å². The molecule has 0 fully saturated rings. The smallest absolute Gasteiger partial charge is 0.274 e. The first-order chi connectivity index (χ1) is 9.00. The average Bonchev–Trinajstić information content (AvgIpc) is 2.96. The van der Waals surface area contributed by atoms with E-state index in [1.165, 1.54) is 0 Å². The van der Waals surface area contributed by atoms with Crippen LogP contribution >= 0.6 is 0 Å². The Bertz CT molecular complexity index is 452. The van der Waals surface area contributed by atoms with Gasteiger partial charge in [0.2, 0.25) is 0 Å². The zero-order chi connectivity index (χ0) is 14.0. The van der Waals surface area contributed by atoms with Crippen molar-refractivity contribution < 1.29 is 4.79 Å². The van der Waals surface area contributed by atoms with Gasteiger partial charge in [0, 0.05) is 30.9 Å². The predicted molar refractivity (Wildman–Crippen MR) is 75.0 cm³/mol. The Balaban J connectivity index is 1.95. The van der Waals surface area contributed by atoms with Crippen LogP contribution in [-0.2, 0) is 12.8 Å². The highest BCUT2D eigenvalue weighted by molar-refractivity contribution is 5.94. The van der Waals surface area contributed by atoms with Gasteiger partial charge in [-0.2, -0.15) is 5.10 Å². The van der Waals surface area contributed by atoms with E-state index in [0.29, 0.717) is 18.2 Å². The van der Waals surface area contributed by atoms with Crippen molar-refractivity contribution in [1.29, 1.82) is 0 Å². The van der Waals surface area contributed by atoms with E-state index in [-0.39, 0.29) is 11.9 Å². The molecule has 1 unspecified atom stereocenters. The van der Waals surface area contributed by atoms with Gasteiger partial charge in [0.25, 0.3) is 5.91 Å². The Hall–Kier alpha value is -1.36. The van der Waals surface area contributed by atoms with Gasteiger partial charge in [0.1, 0.15) is 0 Å². The van der Waals surface area contributed by atoms with Crippen molar-refractivity contribution in [3.8, 4) is 0 Å². The van der Waals surface area contributed by atoms with Gasteiger partial charge in [-0.3, -0.25) is 9.89 Å². The Morgan fingerprint density at radius 1 is 1.47 bits per heavy atom. The number of carbonyl (C=O) groups is 1. The van der Waals surface area contributed by atoms with E-state index >= 15 is 0 Å². The van der Waals surface area contributed by atoms with Crippen LogP contribution in [0.3, 0.4) is 0 Å². The molecule has 1 aromatic rings. The highest BCUT2D eigenvalue weighted by Crippen LogP contribution is 2.23. The van der Waals surface area contributed by atoms with Crippen LogP contribution in [0.4, 0.5) is 0 Å². The maximum atomic E-state index is 12.4. The normalized spacial score (nSPS) is 15.6. The number of hydrogen-bond acceptors (Lipinski definition) is 3. The van der Waals surface area contributed by atoms with E-state index in [4.69, 9.17) is 5.73 Å². The topological polar surface area (TPSA) is 75.0 Å². The molecule has 0 spiro atoms. The zero-order valence-corrected chi connectivity index (χ0v) is 12.1. The minimum Gasteiger partial charge on any atom is -0.340 e. The average molecular weight is 264 g/mol. The molecule has 5 nitrogen and oxygen atoms in total. The summed E-state index contributed by atoms with van der Waals surface area (Å²) in [5.74, 6) is 0.452. The second kappa shape index (κ2) is 5.74. The van der Waals surface area contributed by atoms with Gasteiger partial charge < -0.3 is 10.6 Å². The summed E-state index contributed by atoms with van der Waals surface area (Å²) in [6, 6.07) is 0.139. The number of aromatic amines is 1. The third-order valence-electron chi connectivity index (χ3n) is 4.01. The van der Waals surface area contributed by atoms with Gasteiger partial charge in [0.05, 0.1) is 0 Å². The number of nitrogens with two attached hydrogens (primary N) is 1. The molecule has 1 amide bonds. The van der Waals surface area contributed by atoms with Crippen molar-refractivity contribution in [1.82, 2.24) is 15.1 Å². The first-order valence-corrected chi connectivity index (χ1v) is 7.08. The van der Waals surface area contributed by atoms with Crippen LogP contribution in [0.15, 0.2) is 0 Å². The number of amides is 1. The fourth-order valence-corrected chi connectivity index (χ4v) is 2.45. The number of aromatic nitrogens is 2. The highest BCUT2D eigenvalue weighted by Gasteiger charge is 2.25. The van der Waals surface area contributed by atoms with Crippen molar-refractivity contribution >= 4 is 5.91 Å². The van der Waals surface area contributed by atoms with Gasteiger partial charge in [-0.25, -0.2) is 0 Å². The molecule has 0 bridgehead atoms. The monoisotopic (exact) mass is 264 g/mol. The largest absolute Gasteiger partial charge is 0.340 e. The molecular weight excluding hydrogens is 240 g/mol. The molecule has 1 heterocycles. The lowest BCUT2D eigenvalue weighted by atomic mass is 10.0. The van der Waals surface area contributed by atoms with E-state index in [2.05, 4.69) is 24.0 Å². The molecule has 0 saturated carbocycles. The Kier molecular flexibility index (Phi) is 4.24. The summed E-state index contributed by atoms with van der Waals surface area (Å²) in [6.45, 7) is 4.89. The summed E-state index contributed by atoms with van der Waals surface area (Å²) in [5.41, 5.74) is 8.87. The summed E-state index contributed by atoms with van der Waals surface area (Å²) >= 11 is 0. The van der Waals surface area contributed by atoms with Crippen LogP contribution in [0.2, 0.25) is 0 Å². The van der Waals surface area contributed by atoms with Gasteiger partial charge in [-0.15, -0.1) is 0 Å². The maximum Gasteiger partial charge on any atom is 0.274 e. The molecule has 2 rings (SSSR count). The first kappa shape index (κ1) is 14.1. The van der Waals surface area contributed by atoms with Crippen molar-refractivity contribution in [3.05, 3.63) is 17.0 Å². The second-order valence-electron chi connectivity index (χ2n) is 5.81. The van der Waals surface area contributed by atoms with Crippen molar-refractivity contribution in [2.75, 3.05) is 13.6 Å². The van der Waals surface area contributed by atoms with Crippen molar-refractivity contribution in [2.24, 2.45) is 11.7 Å². The number of H-pyrrole nitrogens is 1. The molecule has 1 aromatic heterocycles. The minimum absolute atomic E-state index is 0.00959. The molecule has 0 aromatic carbocycles. The zero-order valence-electron chi connectivity index (χ0n) is 12.1. The van der Waals surface area contributed by atoms with Crippen LogP contribution in [0.5, 0.6) is 0 Å². The summed E-state index contributed by atoms with van der Waals surface area (Å²) in [5, 5.41) is 7.16. The Labute approximate surface area is 114 Å². The maximum absolute atomic E-state index is 12.4. The molecule has 1 aliphatic rings. The quantitative estimate of drug-likeness (QED) is 0.843. The predicted octanol–water partition coefficient (Wildman–Crippen LogP) is 1.34. The summed E-state index contributed by atoms with van der Waals surface area (Å²) in [7, 11) is 1.82. The SMILES string of the molecule is CC(C)C(N)CCN(C)C(=O)c1n[nH]c2c1CCC2. The molecule has 19 heavy (non-hydrogen) atoms. The van der Waals surface area contributed by atoms with E-state index in [1.807, 2.05) is 7.05 Å². The van der Waals surface area contributed by atoms with Gasteiger partial charge in [-0.1, -0.05) is 13.8 Å². The van der Waals surface area contributed by atoms with E-state index in [0.717, 1.165) is 36.9 Å². The number of hydrogen-bond donors (Lipinski definition) is 2. The first-order valence-electron chi connectivity index (χ1n) is 7.08. The van der Waals surface area contributed by atoms with Gasteiger partial charge in [0.15, 0.2) is 5.69 Å². The summed E-state index contributed by atoms with van der Waals surface area (Å²) in [6.07, 6.45) is 3.92. The standard InChI is InChI=1S/C14H24N4O/c1-9(2)11(15)7-8-18(3)14(19)13-10-5-4-6-12(10)16-17-13/h9,11H,4-8,15H2,1-3H3,(H,16,17). The molecular formula is C14H24N4O. The van der Waals surface area contributed by atoms with Crippen molar-refractivity contribution in [3.63, 3.8) is 0 Å².